The highest BCUT2D eigenvalue weighted by molar-refractivity contribution is 5.89. The van der Waals surface area contributed by atoms with Crippen molar-refractivity contribution in [1.82, 2.24) is 0 Å². The molecule has 8 nitrogen and oxygen atoms in total. The number of carbonyl (C=O) groups is 4. The first kappa shape index (κ1) is 39.8. The number of ether oxygens (including phenoxy) is 4. The van der Waals surface area contributed by atoms with Gasteiger partial charge in [0.05, 0.1) is 14.2 Å². The molecule has 5 aromatic rings. The van der Waals surface area contributed by atoms with Gasteiger partial charge in [-0.15, -0.1) is 0 Å². The first-order valence-corrected chi connectivity index (χ1v) is 15.6. The molecule has 52 heavy (non-hydrogen) atoms. The van der Waals surface area contributed by atoms with Crippen molar-refractivity contribution in [3.8, 4) is 45.3 Å². The molecule has 0 N–H and O–H groups in total. The van der Waals surface area contributed by atoms with Crippen LogP contribution in [-0.4, -0.2) is 38.7 Å². The minimum atomic E-state index is -0.863. The molecule has 5 rings (SSSR count). The third-order valence-electron chi connectivity index (χ3n) is 7.25. The zero-order chi connectivity index (χ0) is 38.0. The van der Waals surface area contributed by atoms with Crippen LogP contribution in [0.15, 0.2) is 129 Å². The van der Waals surface area contributed by atoms with Crippen molar-refractivity contribution in [3.05, 3.63) is 146 Å². The van der Waals surface area contributed by atoms with Crippen LogP contribution in [0.3, 0.4) is 0 Å². The van der Waals surface area contributed by atoms with E-state index in [0.717, 1.165) is 40.5 Å². The molecule has 0 atom stereocenters. The molecule has 0 fully saturated rings. The number of hydrogen-bond acceptors (Lipinski definition) is 8. The minimum Gasteiger partial charge on any atom is -0.497 e. The van der Waals surface area contributed by atoms with Gasteiger partial charge in [-0.25, -0.2) is 18.4 Å². The summed E-state index contributed by atoms with van der Waals surface area (Å²) in [4.78, 5) is 41.9. The van der Waals surface area contributed by atoms with Gasteiger partial charge in [-0.3, -0.25) is 4.79 Å². The van der Waals surface area contributed by atoms with Gasteiger partial charge < -0.3 is 23.7 Å². The maximum absolute atomic E-state index is 14.9. The summed E-state index contributed by atoms with van der Waals surface area (Å²) in [5, 5.41) is 1.90. The van der Waals surface area contributed by atoms with E-state index in [1.165, 1.54) is 18.2 Å². The molecule has 0 aliphatic heterocycles. The molecule has 0 saturated carbocycles. The third-order valence-corrected chi connectivity index (χ3v) is 7.25. The first-order chi connectivity index (χ1) is 25.1. The minimum absolute atomic E-state index is 0.0912. The van der Waals surface area contributed by atoms with Crippen LogP contribution in [0.2, 0.25) is 0 Å². The summed E-state index contributed by atoms with van der Waals surface area (Å²) in [6, 6.07) is 25.9. The molecule has 0 radical (unpaired) electrons. The summed E-state index contributed by atoms with van der Waals surface area (Å²) >= 11 is 0. The Morgan fingerprint density at radius 1 is 0.635 bits per heavy atom. The zero-order valence-corrected chi connectivity index (χ0v) is 28.6. The lowest BCUT2D eigenvalue weighted by Gasteiger charge is -2.11. The standard InChI is InChI=1S/C24H18F2O2.C15H14O5.C3H4O/c1-27-19-8-5-15(6-9-19)21-11-12-22(24(26)23(21)25)18-4-3-17-14-20(28-2)10-7-16(17)13-18;1-3-14(17)19-12-8-7-11(6-5-9-16)10-13(12)20-15(18)4-2;1-2-3-4/h3-14H,1-2H3;3-4,7-10H,1-2,5-6H2;2-3H,1H2. The molecule has 0 amide bonds. The molecule has 0 aliphatic rings. The fraction of sp³-hybridized carbons (Fsp3) is 0.0952. The Hall–Kier alpha value is -6.68. The number of carbonyl (C=O) groups excluding carboxylic acids is 4. The fourth-order valence-corrected chi connectivity index (χ4v) is 4.68. The van der Waals surface area contributed by atoms with Crippen LogP contribution in [-0.2, 0) is 25.6 Å². The van der Waals surface area contributed by atoms with Crippen LogP contribution >= 0.6 is 0 Å². The molecule has 5 aromatic carbocycles. The van der Waals surface area contributed by atoms with Gasteiger partial charge in [-0.1, -0.05) is 68.3 Å². The summed E-state index contributed by atoms with van der Waals surface area (Å²) in [5.41, 5.74) is 2.44. The molecule has 10 heteroatoms. The summed E-state index contributed by atoms with van der Waals surface area (Å²) in [6.45, 7) is 9.69. The van der Waals surface area contributed by atoms with E-state index in [0.29, 0.717) is 36.0 Å². The van der Waals surface area contributed by atoms with E-state index < -0.39 is 23.6 Å². The van der Waals surface area contributed by atoms with Crippen molar-refractivity contribution < 1.29 is 46.9 Å². The number of aryl methyl sites for hydroxylation is 1. The molecular formula is C42H36F2O8. The Kier molecular flexibility index (Phi) is 15.4. The van der Waals surface area contributed by atoms with Gasteiger partial charge in [0.1, 0.15) is 24.1 Å². The first-order valence-electron chi connectivity index (χ1n) is 15.6. The van der Waals surface area contributed by atoms with Crippen molar-refractivity contribution in [2.45, 2.75) is 12.8 Å². The second kappa shape index (κ2) is 20.1. The van der Waals surface area contributed by atoms with Crippen LogP contribution in [0.4, 0.5) is 8.78 Å². The van der Waals surface area contributed by atoms with E-state index in [2.05, 4.69) is 19.7 Å². The number of methoxy groups -OCH3 is 2. The quantitative estimate of drug-likeness (QED) is 0.0549. The monoisotopic (exact) mass is 706 g/mol. The molecule has 0 saturated heterocycles. The van der Waals surface area contributed by atoms with Crippen LogP contribution < -0.4 is 18.9 Å². The normalized spacial score (nSPS) is 9.85. The average Bonchev–Trinajstić information content (AvgIpc) is 3.18. The average molecular weight is 707 g/mol. The maximum Gasteiger partial charge on any atom is 0.335 e. The van der Waals surface area contributed by atoms with E-state index in [1.807, 2.05) is 30.3 Å². The Labute approximate surface area is 300 Å². The molecular weight excluding hydrogens is 670 g/mol. The van der Waals surface area contributed by atoms with Crippen LogP contribution in [0.25, 0.3) is 33.0 Å². The number of aldehydes is 2. The van der Waals surface area contributed by atoms with Crippen molar-refractivity contribution in [1.29, 1.82) is 0 Å². The van der Waals surface area contributed by atoms with Gasteiger partial charge in [0.15, 0.2) is 23.1 Å². The zero-order valence-electron chi connectivity index (χ0n) is 28.6. The lowest BCUT2D eigenvalue weighted by molar-refractivity contribution is -0.131. The smallest absolute Gasteiger partial charge is 0.335 e. The Morgan fingerprint density at radius 3 is 1.71 bits per heavy atom. The number of benzene rings is 5. The number of fused-ring (bicyclic) bond motifs is 1. The summed E-state index contributed by atoms with van der Waals surface area (Å²) in [5.74, 6) is -1.46. The van der Waals surface area contributed by atoms with Crippen molar-refractivity contribution in [2.24, 2.45) is 0 Å². The van der Waals surface area contributed by atoms with Crippen molar-refractivity contribution in [2.75, 3.05) is 14.2 Å². The van der Waals surface area contributed by atoms with Crippen LogP contribution in [0.5, 0.6) is 23.0 Å². The van der Waals surface area contributed by atoms with Gasteiger partial charge in [0.25, 0.3) is 0 Å². The lowest BCUT2D eigenvalue weighted by atomic mass is 9.97. The number of esters is 2. The van der Waals surface area contributed by atoms with E-state index in [9.17, 15) is 23.2 Å². The van der Waals surface area contributed by atoms with Gasteiger partial charge in [-0.05, 0) is 82.4 Å². The maximum atomic E-state index is 14.9. The molecule has 0 aromatic heterocycles. The highest BCUT2D eigenvalue weighted by atomic mass is 19.2. The Bertz CT molecular complexity index is 2060. The van der Waals surface area contributed by atoms with Gasteiger partial charge in [-0.2, -0.15) is 0 Å². The molecule has 0 unspecified atom stereocenters. The third kappa shape index (κ3) is 10.9. The van der Waals surface area contributed by atoms with Crippen molar-refractivity contribution >= 4 is 35.3 Å². The number of allylic oxidation sites excluding steroid dienone is 1. The van der Waals surface area contributed by atoms with Crippen molar-refractivity contribution in [3.63, 3.8) is 0 Å². The molecule has 0 bridgehead atoms. The van der Waals surface area contributed by atoms with E-state index >= 15 is 0 Å². The fourth-order valence-electron chi connectivity index (χ4n) is 4.68. The predicted octanol–water partition coefficient (Wildman–Crippen LogP) is 8.84. The second-order valence-corrected chi connectivity index (χ2v) is 10.6. The Balaban J connectivity index is 0.000000267. The summed E-state index contributed by atoms with van der Waals surface area (Å²) in [6.07, 6.45) is 5.47. The van der Waals surface area contributed by atoms with E-state index in [1.54, 1.807) is 62.8 Å². The lowest BCUT2D eigenvalue weighted by Crippen LogP contribution is -2.09. The van der Waals surface area contributed by atoms with Crippen LogP contribution in [0.1, 0.15) is 12.0 Å². The predicted molar refractivity (Wildman–Crippen MR) is 197 cm³/mol. The molecule has 266 valence electrons. The highest BCUT2D eigenvalue weighted by Crippen LogP contribution is 2.34. The number of rotatable bonds is 12. The Morgan fingerprint density at radius 2 is 1.15 bits per heavy atom. The number of halogens is 2. The topological polar surface area (TPSA) is 105 Å². The van der Waals surface area contributed by atoms with E-state index in [-0.39, 0.29) is 22.6 Å². The second-order valence-electron chi connectivity index (χ2n) is 10.6. The molecule has 0 spiro atoms. The largest absolute Gasteiger partial charge is 0.497 e. The molecule has 0 heterocycles. The molecule has 0 aliphatic carbocycles. The van der Waals surface area contributed by atoms with Gasteiger partial charge >= 0.3 is 11.9 Å². The summed E-state index contributed by atoms with van der Waals surface area (Å²) in [7, 11) is 3.17. The highest BCUT2D eigenvalue weighted by Gasteiger charge is 2.17. The summed E-state index contributed by atoms with van der Waals surface area (Å²) < 4.78 is 50.0. The number of hydrogen-bond donors (Lipinski definition) is 0. The van der Waals surface area contributed by atoms with Gasteiger partial charge in [0, 0.05) is 29.7 Å². The SMILES string of the molecule is C=CC(=O)Oc1ccc(CCC=O)cc1OC(=O)C=C.C=CC=O.COc1ccc(-c2ccc(-c3ccc4cc(OC)ccc4c3)c(F)c2F)cc1. The van der Waals surface area contributed by atoms with Crippen LogP contribution in [0, 0.1) is 11.6 Å². The van der Waals surface area contributed by atoms with Gasteiger partial charge in [0.2, 0.25) is 0 Å². The van der Waals surface area contributed by atoms with E-state index in [4.69, 9.17) is 23.7 Å².